The van der Waals surface area contributed by atoms with Gasteiger partial charge in [0.05, 0.1) is 12.2 Å². The maximum atomic E-state index is 13.0. The van der Waals surface area contributed by atoms with Crippen molar-refractivity contribution in [2.45, 2.75) is 32.0 Å². The molecule has 1 aliphatic heterocycles. The zero-order valence-electron chi connectivity index (χ0n) is 12.4. The van der Waals surface area contributed by atoms with Crippen LogP contribution in [0.3, 0.4) is 0 Å². The summed E-state index contributed by atoms with van der Waals surface area (Å²) in [6.45, 7) is 1.58. The maximum absolute atomic E-state index is 13.0. The summed E-state index contributed by atoms with van der Waals surface area (Å²) in [4.78, 5) is 8.87. The Balaban J connectivity index is 1.38. The third kappa shape index (κ3) is 3.16. The Morgan fingerprint density at radius 1 is 1.30 bits per heavy atom. The highest BCUT2D eigenvalue weighted by Gasteiger charge is 2.19. The van der Waals surface area contributed by atoms with Gasteiger partial charge in [-0.05, 0) is 30.7 Å². The van der Waals surface area contributed by atoms with E-state index >= 15 is 0 Å². The molecule has 2 aromatic heterocycles. The predicted octanol–water partition coefficient (Wildman–Crippen LogP) is 2.65. The molecule has 1 aromatic carbocycles. The summed E-state index contributed by atoms with van der Waals surface area (Å²) >= 11 is 1.58. The van der Waals surface area contributed by atoms with E-state index < -0.39 is 0 Å². The summed E-state index contributed by atoms with van der Waals surface area (Å²) < 4.78 is 14.9. The topological polar surface area (TPSA) is 55.6 Å². The molecule has 0 amide bonds. The van der Waals surface area contributed by atoms with E-state index in [1.807, 2.05) is 4.68 Å². The molecule has 0 saturated heterocycles. The average Bonchev–Trinajstić information content (AvgIpc) is 3.22. The molecule has 23 heavy (non-hydrogen) atoms. The Hall–Kier alpha value is -2.12. The number of aryl methyl sites for hydroxylation is 1. The number of aromatic nitrogens is 4. The van der Waals surface area contributed by atoms with Gasteiger partial charge in [-0.2, -0.15) is 5.10 Å². The Kier molecular flexibility index (Phi) is 3.88. The van der Waals surface area contributed by atoms with E-state index in [0.717, 1.165) is 48.0 Å². The highest BCUT2D eigenvalue weighted by atomic mass is 32.1. The molecule has 1 aliphatic rings. The van der Waals surface area contributed by atoms with Crippen molar-refractivity contribution < 1.29 is 4.39 Å². The van der Waals surface area contributed by atoms with E-state index in [1.165, 1.54) is 12.1 Å². The first-order chi connectivity index (χ1) is 11.3. The molecule has 0 aliphatic carbocycles. The van der Waals surface area contributed by atoms with Crippen LogP contribution in [0.25, 0.3) is 10.6 Å². The molecule has 3 aromatic rings. The van der Waals surface area contributed by atoms with E-state index in [4.69, 9.17) is 0 Å². The van der Waals surface area contributed by atoms with Gasteiger partial charge >= 0.3 is 0 Å². The van der Waals surface area contributed by atoms with Gasteiger partial charge in [0.1, 0.15) is 23.0 Å². The summed E-state index contributed by atoms with van der Waals surface area (Å²) in [5.41, 5.74) is 1.96. The van der Waals surface area contributed by atoms with Crippen LogP contribution in [-0.2, 0) is 19.5 Å². The van der Waals surface area contributed by atoms with Crippen molar-refractivity contribution in [3.8, 4) is 10.6 Å². The number of rotatable bonds is 4. The molecule has 4 rings (SSSR count). The Bertz CT molecular complexity index is 795. The van der Waals surface area contributed by atoms with Crippen molar-refractivity contribution in [2.75, 3.05) is 0 Å². The summed E-state index contributed by atoms with van der Waals surface area (Å²) in [6.07, 6.45) is 3.64. The van der Waals surface area contributed by atoms with Crippen LogP contribution in [0.1, 0.15) is 17.9 Å². The summed E-state index contributed by atoms with van der Waals surface area (Å²) in [6, 6.07) is 6.84. The number of fused-ring (bicyclic) bond motifs is 1. The molecule has 0 unspecified atom stereocenters. The Morgan fingerprint density at radius 2 is 2.17 bits per heavy atom. The molecule has 1 atom stereocenters. The second kappa shape index (κ2) is 6.17. The SMILES string of the molecule is Fc1ccc(-c2nc(CN[C@H]3CCc4ncnn4C3)cs2)cc1. The molecule has 3 heterocycles. The normalized spacial score (nSPS) is 17.2. The minimum absolute atomic E-state index is 0.225. The van der Waals surface area contributed by atoms with Crippen LogP contribution < -0.4 is 5.32 Å². The Morgan fingerprint density at radius 3 is 3.04 bits per heavy atom. The molecule has 7 heteroatoms. The quantitative estimate of drug-likeness (QED) is 0.799. The lowest BCUT2D eigenvalue weighted by Crippen LogP contribution is -2.37. The summed E-state index contributed by atoms with van der Waals surface area (Å²) in [5, 5.41) is 10.7. The van der Waals surface area contributed by atoms with Crippen LogP contribution in [0, 0.1) is 5.82 Å². The number of halogens is 1. The van der Waals surface area contributed by atoms with E-state index in [1.54, 1.807) is 29.8 Å². The molecule has 0 radical (unpaired) electrons. The molecule has 0 saturated carbocycles. The highest BCUT2D eigenvalue weighted by molar-refractivity contribution is 7.13. The molecule has 0 spiro atoms. The first-order valence-electron chi connectivity index (χ1n) is 7.58. The standard InChI is InChI=1S/C16H16FN5S/c17-12-3-1-11(2-4-12)16-21-14(9-23-16)7-18-13-5-6-15-19-10-20-22(15)8-13/h1-4,9-10,13,18H,5-8H2/t13-/m0/s1. The molecule has 0 fully saturated rings. The van der Waals surface area contributed by atoms with Gasteiger partial charge in [0.2, 0.25) is 0 Å². The number of benzene rings is 1. The van der Waals surface area contributed by atoms with E-state index in [-0.39, 0.29) is 5.82 Å². The lowest BCUT2D eigenvalue weighted by Gasteiger charge is -2.23. The first kappa shape index (κ1) is 14.5. The van der Waals surface area contributed by atoms with Crippen molar-refractivity contribution in [1.29, 1.82) is 0 Å². The third-order valence-electron chi connectivity index (χ3n) is 4.02. The van der Waals surface area contributed by atoms with Crippen LogP contribution in [0.15, 0.2) is 36.0 Å². The van der Waals surface area contributed by atoms with Crippen molar-refractivity contribution in [3.63, 3.8) is 0 Å². The van der Waals surface area contributed by atoms with Gasteiger partial charge in [-0.3, -0.25) is 0 Å². The Labute approximate surface area is 137 Å². The first-order valence-corrected chi connectivity index (χ1v) is 8.46. The monoisotopic (exact) mass is 329 g/mol. The van der Waals surface area contributed by atoms with Crippen LogP contribution in [0.2, 0.25) is 0 Å². The number of nitrogens with one attached hydrogen (secondary N) is 1. The lowest BCUT2D eigenvalue weighted by molar-refractivity contribution is 0.357. The molecule has 0 bridgehead atoms. The van der Waals surface area contributed by atoms with Gasteiger partial charge in [-0.1, -0.05) is 0 Å². The number of hydrogen-bond donors (Lipinski definition) is 1. The van der Waals surface area contributed by atoms with Crippen LogP contribution in [0.5, 0.6) is 0 Å². The molecule has 1 N–H and O–H groups in total. The van der Waals surface area contributed by atoms with Gasteiger partial charge in [-0.25, -0.2) is 19.0 Å². The van der Waals surface area contributed by atoms with Gasteiger partial charge in [0.15, 0.2) is 0 Å². The minimum Gasteiger partial charge on any atom is -0.306 e. The average molecular weight is 329 g/mol. The smallest absolute Gasteiger partial charge is 0.138 e. The van der Waals surface area contributed by atoms with Gasteiger partial charge in [-0.15, -0.1) is 11.3 Å². The zero-order valence-corrected chi connectivity index (χ0v) is 13.3. The minimum atomic E-state index is -0.225. The molecular weight excluding hydrogens is 313 g/mol. The number of nitrogens with zero attached hydrogens (tertiary/aromatic N) is 4. The van der Waals surface area contributed by atoms with E-state index in [9.17, 15) is 4.39 Å². The van der Waals surface area contributed by atoms with Crippen molar-refractivity contribution in [1.82, 2.24) is 25.1 Å². The fourth-order valence-electron chi connectivity index (χ4n) is 2.77. The maximum Gasteiger partial charge on any atom is 0.138 e. The second-order valence-electron chi connectivity index (χ2n) is 5.63. The fraction of sp³-hybridized carbons (Fsp3) is 0.312. The van der Waals surface area contributed by atoms with Gasteiger partial charge < -0.3 is 5.32 Å². The molecule has 118 valence electrons. The van der Waals surface area contributed by atoms with Crippen LogP contribution in [-0.4, -0.2) is 25.8 Å². The summed E-state index contributed by atoms with van der Waals surface area (Å²) in [5.74, 6) is 0.840. The van der Waals surface area contributed by atoms with Crippen molar-refractivity contribution >= 4 is 11.3 Å². The largest absolute Gasteiger partial charge is 0.306 e. The second-order valence-corrected chi connectivity index (χ2v) is 6.48. The molecule has 5 nitrogen and oxygen atoms in total. The lowest BCUT2D eigenvalue weighted by atomic mass is 10.1. The van der Waals surface area contributed by atoms with Crippen LogP contribution >= 0.6 is 11.3 Å². The fourth-order valence-corrected chi connectivity index (χ4v) is 3.59. The van der Waals surface area contributed by atoms with Crippen molar-refractivity contribution in [3.05, 3.63) is 53.3 Å². The van der Waals surface area contributed by atoms with E-state index in [2.05, 4.69) is 25.8 Å². The predicted molar refractivity (Wildman–Crippen MR) is 86.5 cm³/mol. The third-order valence-corrected chi connectivity index (χ3v) is 4.96. The van der Waals surface area contributed by atoms with E-state index in [0.29, 0.717) is 6.04 Å². The summed E-state index contributed by atoms with van der Waals surface area (Å²) in [7, 11) is 0. The molecular formula is C16H16FN5S. The van der Waals surface area contributed by atoms with Crippen molar-refractivity contribution in [2.24, 2.45) is 0 Å². The van der Waals surface area contributed by atoms with Gasteiger partial charge in [0.25, 0.3) is 0 Å². The number of hydrogen-bond acceptors (Lipinski definition) is 5. The van der Waals surface area contributed by atoms with Gasteiger partial charge in [0, 0.05) is 30.0 Å². The number of thiazole rings is 1. The zero-order chi connectivity index (χ0) is 15.6. The highest BCUT2D eigenvalue weighted by Crippen LogP contribution is 2.24. The van der Waals surface area contributed by atoms with Crippen LogP contribution in [0.4, 0.5) is 4.39 Å².